The van der Waals surface area contributed by atoms with Gasteiger partial charge in [-0.15, -0.1) is 6.58 Å². The fourth-order valence-corrected chi connectivity index (χ4v) is 1.69. The number of benzene rings is 1. The third-order valence-corrected chi connectivity index (χ3v) is 2.70. The van der Waals surface area contributed by atoms with Crippen LogP contribution in [-0.2, 0) is 4.79 Å². The topological polar surface area (TPSA) is 17.1 Å². The van der Waals surface area contributed by atoms with Crippen molar-refractivity contribution in [1.82, 2.24) is 0 Å². The van der Waals surface area contributed by atoms with Crippen molar-refractivity contribution in [2.45, 2.75) is 18.8 Å². The van der Waals surface area contributed by atoms with Gasteiger partial charge in [-0.3, -0.25) is 0 Å². The quantitative estimate of drug-likeness (QED) is 0.577. The zero-order valence-corrected chi connectivity index (χ0v) is 9.53. The van der Waals surface area contributed by atoms with Crippen molar-refractivity contribution in [3.05, 3.63) is 47.0 Å². The van der Waals surface area contributed by atoms with Crippen molar-refractivity contribution >= 4 is 22.2 Å². The third kappa shape index (κ3) is 3.11. The summed E-state index contributed by atoms with van der Waals surface area (Å²) >= 11 is 3.38. The Kier molecular flexibility index (Phi) is 4.60. The Balaban J connectivity index is 2.80. The van der Waals surface area contributed by atoms with E-state index >= 15 is 0 Å². The first-order chi connectivity index (χ1) is 6.77. The largest absolute Gasteiger partial charge is 0.303 e. The molecule has 0 N–H and O–H groups in total. The molecule has 74 valence electrons. The van der Waals surface area contributed by atoms with Gasteiger partial charge in [0.05, 0.1) is 0 Å². The average Bonchev–Trinajstić information content (AvgIpc) is 2.19. The minimum atomic E-state index is 0.276. The average molecular weight is 253 g/mol. The van der Waals surface area contributed by atoms with Crippen LogP contribution in [0.15, 0.2) is 41.4 Å². The number of carbonyl (C=O) groups excluding carboxylic acids is 1. The van der Waals surface area contributed by atoms with E-state index in [2.05, 4.69) is 22.5 Å². The lowest BCUT2D eigenvalue weighted by Crippen LogP contribution is -1.98. The van der Waals surface area contributed by atoms with Crippen LogP contribution in [0.25, 0.3) is 0 Å². The van der Waals surface area contributed by atoms with Crippen LogP contribution in [0, 0.1) is 0 Å². The van der Waals surface area contributed by atoms with Crippen molar-refractivity contribution in [3.8, 4) is 0 Å². The molecule has 0 spiro atoms. The maximum atomic E-state index is 10.5. The monoisotopic (exact) mass is 252 g/mol. The predicted octanol–water partition coefficient (Wildman–Crippen LogP) is 3.70. The minimum Gasteiger partial charge on any atom is -0.303 e. The molecule has 0 heterocycles. The smallest absolute Gasteiger partial charge is 0.120 e. The SMILES string of the molecule is C=CCC(CC=O)c1ccc(Br)cc1. The first-order valence-corrected chi connectivity index (χ1v) is 5.37. The summed E-state index contributed by atoms with van der Waals surface area (Å²) in [4.78, 5) is 10.5. The van der Waals surface area contributed by atoms with Crippen LogP contribution in [-0.4, -0.2) is 6.29 Å². The van der Waals surface area contributed by atoms with E-state index in [1.165, 1.54) is 5.56 Å². The Morgan fingerprint density at radius 1 is 1.29 bits per heavy atom. The van der Waals surface area contributed by atoms with Crippen LogP contribution in [0.4, 0.5) is 0 Å². The van der Waals surface area contributed by atoms with Crippen molar-refractivity contribution in [1.29, 1.82) is 0 Å². The molecule has 1 atom stereocenters. The lowest BCUT2D eigenvalue weighted by atomic mass is 9.93. The van der Waals surface area contributed by atoms with E-state index in [1.807, 2.05) is 30.3 Å². The van der Waals surface area contributed by atoms with Gasteiger partial charge < -0.3 is 4.79 Å². The maximum Gasteiger partial charge on any atom is 0.120 e. The molecule has 0 aliphatic carbocycles. The molecule has 1 aromatic rings. The van der Waals surface area contributed by atoms with Crippen molar-refractivity contribution in [3.63, 3.8) is 0 Å². The molecule has 14 heavy (non-hydrogen) atoms. The molecule has 2 heteroatoms. The van der Waals surface area contributed by atoms with Gasteiger partial charge in [-0.1, -0.05) is 34.1 Å². The molecule has 0 bridgehead atoms. The number of hydrogen-bond donors (Lipinski definition) is 0. The maximum absolute atomic E-state index is 10.5. The molecule has 0 aromatic heterocycles. The Bertz CT molecular complexity index is 293. The fourth-order valence-electron chi connectivity index (χ4n) is 1.42. The first-order valence-electron chi connectivity index (χ1n) is 4.58. The van der Waals surface area contributed by atoms with Crippen LogP contribution in [0.5, 0.6) is 0 Å². The second kappa shape index (κ2) is 5.76. The van der Waals surface area contributed by atoms with Gasteiger partial charge in [0, 0.05) is 10.9 Å². The van der Waals surface area contributed by atoms with Gasteiger partial charge in [0.25, 0.3) is 0 Å². The molecule has 1 aromatic carbocycles. The van der Waals surface area contributed by atoms with E-state index in [0.29, 0.717) is 6.42 Å². The van der Waals surface area contributed by atoms with Crippen LogP contribution in [0.1, 0.15) is 24.3 Å². The van der Waals surface area contributed by atoms with E-state index in [0.717, 1.165) is 17.2 Å². The van der Waals surface area contributed by atoms with Gasteiger partial charge in [-0.2, -0.15) is 0 Å². The summed E-state index contributed by atoms with van der Waals surface area (Å²) in [6.07, 6.45) is 4.24. The van der Waals surface area contributed by atoms with E-state index in [-0.39, 0.29) is 5.92 Å². The molecule has 0 radical (unpaired) electrons. The lowest BCUT2D eigenvalue weighted by molar-refractivity contribution is -0.108. The summed E-state index contributed by atoms with van der Waals surface area (Å²) in [5.41, 5.74) is 1.19. The molecule has 1 unspecified atom stereocenters. The molecule has 0 saturated carbocycles. The Morgan fingerprint density at radius 2 is 1.93 bits per heavy atom. The molecule has 0 aliphatic heterocycles. The van der Waals surface area contributed by atoms with Crippen LogP contribution in [0.2, 0.25) is 0 Å². The molecule has 1 nitrogen and oxygen atoms in total. The molecule has 1 rings (SSSR count). The van der Waals surface area contributed by atoms with Gasteiger partial charge in [-0.05, 0) is 30.0 Å². The lowest BCUT2D eigenvalue weighted by Gasteiger charge is -2.11. The highest BCUT2D eigenvalue weighted by Crippen LogP contribution is 2.24. The summed E-state index contributed by atoms with van der Waals surface area (Å²) in [5, 5.41) is 0. The Morgan fingerprint density at radius 3 is 2.43 bits per heavy atom. The molecular weight excluding hydrogens is 240 g/mol. The minimum absolute atomic E-state index is 0.276. The number of aldehydes is 1. The number of rotatable bonds is 5. The highest BCUT2D eigenvalue weighted by atomic mass is 79.9. The van der Waals surface area contributed by atoms with Crippen molar-refractivity contribution in [2.24, 2.45) is 0 Å². The number of hydrogen-bond acceptors (Lipinski definition) is 1. The van der Waals surface area contributed by atoms with Gasteiger partial charge in [0.2, 0.25) is 0 Å². The second-order valence-electron chi connectivity index (χ2n) is 3.18. The highest BCUT2D eigenvalue weighted by molar-refractivity contribution is 9.10. The molecule has 0 amide bonds. The number of allylic oxidation sites excluding steroid dienone is 1. The summed E-state index contributed by atoms with van der Waals surface area (Å²) in [5.74, 6) is 0.276. The van der Waals surface area contributed by atoms with Crippen LogP contribution in [0.3, 0.4) is 0 Å². The Hall–Kier alpha value is -0.890. The van der Waals surface area contributed by atoms with E-state index in [1.54, 1.807) is 0 Å². The molecular formula is C12H13BrO. The summed E-state index contributed by atoms with van der Waals surface area (Å²) in [6, 6.07) is 8.08. The predicted molar refractivity (Wildman–Crippen MR) is 62.4 cm³/mol. The first kappa shape index (κ1) is 11.2. The van der Waals surface area contributed by atoms with Crippen LogP contribution >= 0.6 is 15.9 Å². The van der Waals surface area contributed by atoms with Crippen molar-refractivity contribution < 1.29 is 4.79 Å². The summed E-state index contributed by atoms with van der Waals surface area (Å²) < 4.78 is 1.06. The molecule has 0 fully saturated rings. The third-order valence-electron chi connectivity index (χ3n) is 2.17. The van der Waals surface area contributed by atoms with E-state index in [4.69, 9.17) is 0 Å². The van der Waals surface area contributed by atoms with Gasteiger partial charge in [-0.25, -0.2) is 0 Å². The second-order valence-corrected chi connectivity index (χ2v) is 4.09. The van der Waals surface area contributed by atoms with E-state index < -0.39 is 0 Å². The van der Waals surface area contributed by atoms with E-state index in [9.17, 15) is 4.79 Å². The van der Waals surface area contributed by atoms with Crippen molar-refractivity contribution in [2.75, 3.05) is 0 Å². The highest BCUT2D eigenvalue weighted by Gasteiger charge is 2.08. The number of carbonyl (C=O) groups is 1. The molecule has 0 saturated heterocycles. The zero-order chi connectivity index (χ0) is 10.4. The van der Waals surface area contributed by atoms with Gasteiger partial charge >= 0.3 is 0 Å². The number of halogens is 1. The zero-order valence-electron chi connectivity index (χ0n) is 7.95. The Labute approximate surface area is 93.0 Å². The summed E-state index contributed by atoms with van der Waals surface area (Å²) in [7, 11) is 0. The van der Waals surface area contributed by atoms with Gasteiger partial charge in [0.1, 0.15) is 6.29 Å². The fraction of sp³-hybridized carbons (Fsp3) is 0.250. The van der Waals surface area contributed by atoms with Gasteiger partial charge in [0.15, 0.2) is 0 Å². The standard InChI is InChI=1S/C12H13BrO/c1-2-3-10(8-9-14)11-4-6-12(13)7-5-11/h2,4-7,9-10H,1,3,8H2. The normalized spacial score (nSPS) is 12.1. The molecule has 0 aliphatic rings. The summed E-state index contributed by atoms with van der Waals surface area (Å²) in [6.45, 7) is 3.70. The van der Waals surface area contributed by atoms with Crippen LogP contribution < -0.4 is 0 Å².